The van der Waals surface area contributed by atoms with Gasteiger partial charge in [-0.3, -0.25) is 4.79 Å². The van der Waals surface area contributed by atoms with Gasteiger partial charge in [-0.2, -0.15) is 0 Å². The van der Waals surface area contributed by atoms with Crippen molar-refractivity contribution < 1.29 is 4.79 Å². The minimum absolute atomic E-state index is 0.0440. The average molecular weight is 289 g/mol. The highest BCUT2D eigenvalue weighted by molar-refractivity contribution is 9.11. The second-order valence-electron chi connectivity index (χ2n) is 3.73. The van der Waals surface area contributed by atoms with E-state index in [1.165, 1.54) is 11.3 Å². The number of halogens is 1. The monoisotopic (exact) mass is 288 g/mol. The van der Waals surface area contributed by atoms with E-state index >= 15 is 0 Å². The minimum atomic E-state index is 0.0440. The van der Waals surface area contributed by atoms with E-state index < -0.39 is 0 Å². The first-order valence-electron chi connectivity index (χ1n) is 4.94. The maximum atomic E-state index is 11.8. The van der Waals surface area contributed by atoms with Gasteiger partial charge in [0.25, 0.3) is 5.91 Å². The van der Waals surface area contributed by atoms with Gasteiger partial charge >= 0.3 is 0 Å². The molecule has 5 heteroatoms. The lowest BCUT2D eigenvalue weighted by Crippen LogP contribution is -2.35. The molecule has 0 radical (unpaired) electrons. The van der Waals surface area contributed by atoms with Crippen LogP contribution in [0.2, 0.25) is 0 Å². The Morgan fingerprint density at radius 2 is 2.53 bits per heavy atom. The van der Waals surface area contributed by atoms with Crippen LogP contribution in [0.5, 0.6) is 0 Å². The fourth-order valence-corrected chi connectivity index (χ4v) is 3.04. The zero-order chi connectivity index (χ0) is 10.8. The molecule has 3 nitrogen and oxygen atoms in total. The molecule has 1 aromatic heterocycles. The highest BCUT2D eigenvalue weighted by atomic mass is 79.9. The predicted molar refractivity (Wildman–Crippen MR) is 65.5 cm³/mol. The van der Waals surface area contributed by atoms with Crippen LogP contribution >= 0.6 is 27.3 Å². The van der Waals surface area contributed by atoms with Crippen molar-refractivity contribution >= 4 is 33.2 Å². The maximum Gasteiger partial charge on any atom is 0.261 e. The number of thiophene rings is 1. The zero-order valence-electron chi connectivity index (χ0n) is 8.47. The fourth-order valence-electron chi connectivity index (χ4n) is 1.61. The van der Waals surface area contributed by atoms with Gasteiger partial charge in [0.05, 0.1) is 8.66 Å². The number of aryl methyl sites for hydroxylation is 1. The molecule has 82 valence electrons. The number of amides is 1. The number of hydrogen-bond acceptors (Lipinski definition) is 3. The molecule has 1 aromatic rings. The molecule has 0 unspecified atom stereocenters. The van der Waals surface area contributed by atoms with Crippen LogP contribution in [0.15, 0.2) is 9.85 Å². The van der Waals surface area contributed by atoms with E-state index in [1.807, 2.05) is 13.0 Å². The first kappa shape index (κ1) is 11.1. The van der Waals surface area contributed by atoms with Crippen molar-refractivity contribution in [3.63, 3.8) is 0 Å². The van der Waals surface area contributed by atoms with Crippen molar-refractivity contribution in [3.05, 3.63) is 20.3 Å². The van der Waals surface area contributed by atoms with Gasteiger partial charge in [-0.25, -0.2) is 0 Å². The van der Waals surface area contributed by atoms with Crippen molar-refractivity contribution in [1.82, 2.24) is 10.6 Å². The largest absolute Gasteiger partial charge is 0.347 e. The molecule has 2 rings (SSSR count). The smallest absolute Gasteiger partial charge is 0.261 e. The molecule has 1 saturated heterocycles. The molecule has 0 aliphatic carbocycles. The number of carbonyl (C=O) groups is 1. The fraction of sp³-hybridized carbons (Fsp3) is 0.500. The first-order chi connectivity index (χ1) is 7.16. The summed E-state index contributed by atoms with van der Waals surface area (Å²) in [5.41, 5.74) is 1.12. The second kappa shape index (κ2) is 4.63. The summed E-state index contributed by atoms with van der Waals surface area (Å²) in [6.07, 6.45) is 1.03. The molecule has 1 fully saturated rings. The summed E-state index contributed by atoms with van der Waals surface area (Å²) in [6, 6.07) is 2.21. The molecule has 0 aromatic carbocycles. The molecule has 1 aliphatic heterocycles. The standard InChI is InChI=1S/C10H13BrN2OS/c1-6-4-8(15-9(6)11)10(14)13-7-2-3-12-5-7/h4,7,12H,2-3,5H2,1H3,(H,13,14)/t7-/m1/s1. The van der Waals surface area contributed by atoms with Gasteiger partial charge in [0.2, 0.25) is 0 Å². The molecule has 0 bridgehead atoms. The SMILES string of the molecule is Cc1cc(C(=O)N[C@@H]2CCNC2)sc1Br. The molecule has 1 amide bonds. The molecule has 0 spiro atoms. The van der Waals surface area contributed by atoms with Crippen LogP contribution in [-0.2, 0) is 0 Å². The summed E-state index contributed by atoms with van der Waals surface area (Å²) >= 11 is 4.91. The lowest BCUT2D eigenvalue weighted by molar-refractivity contribution is 0.0944. The minimum Gasteiger partial charge on any atom is -0.347 e. The number of hydrogen-bond donors (Lipinski definition) is 2. The highest BCUT2D eigenvalue weighted by Crippen LogP contribution is 2.27. The molecule has 15 heavy (non-hydrogen) atoms. The van der Waals surface area contributed by atoms with E-state index in [4.69, 9.17) is 0 Å². The van der Waals surface area contributed by atoms with E-state index in [0.29, 0.717) is 6.04 Å². The van der Waals surface area contributed by atoms with Crippen LogP contribution in [0.4, 0.5) is 0 Å². The van der Waals surface area contributed by atoms with Crippen molar-refractivity contribution in [3.8, 4) is 0 Å². The van der Waals surface area contributed by atoms with E-state index in [-0.39, 0.29) is 5.91 Å². The molecular weight excluding hydrogens is 276 g/mol. The topological polar surface area (TPSA) is 41.1 Å². The van der Waals surface area contributed by atoms with Crippen LogP contribution in [0.25, 0.3) is 0 Å². The van der Waals surface area contributed by atoms with E-state index in [1.54, 1.807) is 0 Å². The molecule has 1 aliphatic rings. The third-order valence-electron chi connectivity index (χ3n) is 2.48. The highest BCUT2D eigenvalue weighted by Gasteiger charge is 2.18. The normalized spacial score (nSPS) is 20.5. The summed E-state index contributed by atoms with van der Waals surface area (Å²) in [4.78, 5) is 12.6. The number of carbonyl (C=O) groups excluding carboxylic acids is 1. The number of nitrogens with one attached hydrogen (secondary N) is 2. The van der Waals surface area contributed by atoms with Gasteiger partial charge in [0, 0.05) is 12.6 Å². The van der Waals surface area contributed by atoms with Gasteiger partial charge < -0.3 is 10.6 Å². The summed E-state index contributed by atoms with van der Waals surface area (Å²) in [6.45, 7) is 3.88. The maximum absolute atomic E-state index is 11.8. The summed E-state index contributed by atoms with van der Waals surface area (Å²) in [5, 5.41) is 6.25. The Balaban J connectivity index is 2.00. The Morgan fingerprint density at radius 3 is 3.07 bits per heavy atom. The predicted octanol–water partition coefficient (Wildman–Crippen LogP) is 1.91. The van der Waals surface area contributed by atoms with E-state index in [9.17, 15) is 4.79 Å². The van der Waals surface area contributed by atoms with Gasteiger partial charge in [0.15, 0.2) is 0 Å². The second-order valence-corrected chi connectivity index (χ2v) is 6.10. The van der Waals surface area contributed by atoms with Crippen molar-refractivity contribution in [2.45, 2.75) is 19.4 Å². The molecule has 1 atom stereocenters. The van der Waals surface area contributed by atoms with Crippen molar-refractivity contribution in [1.29, 1.82) is 0 Å². The first-order valence-corrected chi connectivity index (χ1v) is 6.55. The van der Waals surface area contributed by atoms with Crippen LogP contribution in [0.3, 0.4) is 0 Å². The zero-order valence-corrected chi connectivity index (χ0v) is 10.9. The van der Waals surface area contributed by atoms with Crippen LogP contribution in [0.1, 0.15) is 21.7 Å². The third kappa shape index (κ3) is 2.59. The summed E-state index contributed by atoms with van der Waals surface area (Å²) < 4.78 is 1.04. The Labute approximate surface area is 101 Å². The van der Waals surface area contributed by atoms with Gasteiger partial charge in [0.1, 0.15) is 0 Å². The molecule has 2 N–H and O–H groups in total. The van der Waals surface area contributed by atoms with E-state index in [0.717, 1.165) is 33.7 Å². The van der Waals surface area contributed by atoms with Gasteiger partial charge in [-0.05, 0) is 47.4 Å². The Kier molecular flexibility index (Phi) is 3.43. The lowest BCUT2D eigenvalue weighted by atomic mass is 10.2. The summed E-state index contributed by atoms with van der Waals surface area (Å²) in [7, 11) is 0. The van der Waals surface area contributed by atoms with Crippen LogP contribution in [0, 0.1) is 6.92 Å². The van der Waals surface area contributed by atoms with E-state index in [2.05, 4.69) is 26.6 Å². The Hall–Kier alpha value is -0.390. The molecule has 0 saturated carbocycles. The Morgan fingerprint density at radius 1 is 1.73 bits per heavy atom. The van der Waals surface area contributed by atoms with Gasteiger partial charge in [-0.15, -0.1) is 11.3 Å². The average Bonchev–Trinajstić information content (AvgIpc) is 2.78. The number of rotatable bonds is 2. The van der Waals surface area contributed by atoms with Crippen molar-refractivity contribution in [2.24, 2.45) is 0 Å². The summed E-state index contributed by atoms with van der Waals surface area (Å²) in [5.74, 6) is 0.0440. The third-order valence-corrected chi connectivity index (χ3v) is 4.61. The van der Waals surface area contributed by atoms with Crippen molar-refractivity contribution in [2.75, 3.05) is 13.1 Å². The molecular formula is C10H13BrN2OS. The van der Waals surface area contributed by atoms with Crippen LogP contribution < -0.4 is 10.6 Å². The quantitative estimate of drug-likeness (QED) is 0.873. The molecule has 2 heterocycles. The Bertz CT molecular complexity index is 352. The van der Waals surface area contributed by atoms with Gasteiger partial charge in [-0.1, -0.05) is 0 Å². The lowest BCUT2D eigenvalue weighted by Gasteiger charge is -2.09. The van der Waals surface area contributed by atoms with Crippen LogP contribution in [-0.4, -0.2) is 25.0 Å².